The number of nitrogens with one attached hydrogen (secondary N) is 1. The summed E-state index contributed by atoms with van der Waals surface area (Å²) in [5.41, 5.74) is 0.938. The first-order valence-electron chi connectivity index (χ1n) is 6.70. The van der Waals surface area contributed by atoms with Gasteiger partial charge in [0.15, 0.2) is 11.5 Å². The minimum atomic E-state index is -2.63. The van der Waals surface area contributed by atoms with E-state index in [1.807, 2.05) is 0 Å². The summed E-state index contributed by atoms with van der Waals surface area (Å²) in [6.45, 7) is 0.415. The number of benzene rings is 1. The summed E-state index contributed by atoms with van der Waals surface area (Å²) in [5, 5.41) is 2.69. The number of rotatable bonds is 5. The lowest BCUT2D eigenvalue weighted by Gasteiger charge is -2.09. The fourth-order valence-electron chi connectivity index (χ4n) is 2.07. The molecule has 0 unspecified atom stereocenters. The van der Waals surface area contributed by atoms with Crippen molar-refractivity contribution in [3.63, 3.8) is 0 Å². The maximum atomic E-state index is 12.5. The highest BCUT2D eigenvalue weighted by Crippen LogP contribution is 2.32. The van der Waals surface area contributed by atoms with E-state index in [0.717, 1.165) is 5.56 Å². The molecule has 2 heterocycles. The number of halogens is 2. The zero-order valence-electron chi connectivity index (χ0n) is 11.8. The Balaban J connectivity index is 1.68. The second kappa shape index (κ2) is 6.82. The molecule has 0 saturated carbocycles. The summed E-state index contributed by atoms with van der Waals surface area (Å²) in [6, 6.07) is 8.32. The Bertz CT molecular complexity index is 728. The van der Waals surface area contributed by atoms with Gasteiger partial charge in [0.1, 0.15) is 5.03 Å². The summed E-state index contributed by atoms with van der Waals surface area (Å²) >= 11 is 0.250. The molecule has 2 aromatic rings. The third kappa shape index (κ3) is 3.70. The molecule has 1 aromatic heterocycles. The van der Waals surface area contributed by atoms with Crippen LogP contribution >= 0.6 is 11.8 Å². The topological polar surface area (TPSA) is 60.5 Å². The maximum Gasteiger partial charge on any atom is 0.290 e. The van der Waals surface area contributed by atoms with Crippen molar-refractivity contribution in [2.45, 2.75) is 17.3 Å². The summed E-state index contributed by atoms with van der Waals surface area (Å²) in [7, 11) is 0. The lowest BCUT2D eigenvalue weighted by molar-refractivity contribution is 0.0947. The van der Waals surface area contributed by atoms with E-state index in [-0.39, 0.29) is 35.7 Å². The molecule has 120 valence electrons. The summed E-state index contributed by atoms with van der Waals surface area (Å²) < 4.78 is 35.5. The third-order valence-corrected chi connectivity index (χ3v) is 3.83. The number of alkyl halides is 2. The van der Waals surface area contributed by atoms with E-state index in [2.05, 4.69) is 10.3 Å². The van der Waals surface area contributed by atoms with Crippen LogP contribution in [0.3, 0.4) is 0 Å². The Morgan fingerprint density at radius 3 is 2.96 bits per heavy atom. The van der Waals surface area contributed by atoms with Gasteiger partial charge in [0, 0.05) is 12.7 Å². The van der Waals surface area contributed by atoms with Crippen LogP contribution in [-0.2, 0) is 6.54 Å². The van der Waals surface area contributed by atoms with Gasteiger partial charge in [-0.2, -0.15) is 8.78 Å². The van der Waals surface area contributed by atoms with Crippen LogP contribution in [0.15, 0.2) is 41.6 Å². The van der Waals surface area contributed by atoms with Crippen molar-refractivity contribution in [3.05, 3.63) is 47.7 Å². The molecule has 1 amide bonds. The van der Waals surface area contributed by atoms with E-state index in [0.29, 0.717) is 11.5 Å². The second-order valence-electron chi connectivity index (χ2n) is 4.60. The number of carbonyl (C=O) groups is 1. The number of fused-ring (bicyclic) bond motifs is 1. The van der Waals surface area contributed by atoms with Gasteiger partial charge >= 0.3 is 0 Å². The van der Waals surface area contributed by atoms with E-state index < -0.39 is 11.7 Å². The number of ether oxygens (including phenoxy) is 2. The molecule has 0 spiro atoms. The van der Waals surface area contributed by atoms with Crippen molar-refractivity contribution in [2.75, 3.05) is 6.79 Å². The van der Waals surface area contributed by atoms with Crippen molar-refractivity contribution in [3.8, 4) is 11.5 Å². The standard InChI is InChI=1S/C15H12F2N2O3S/c16-15(17)23-14-10(2-1-5-18-14)13(20)19-7-9-3-4-11-12(6-9)22-8-21-11/h1-6,15H,7-8H2,(H,19,20). The van der Waals surface area contributed by atoms with Gasteiger partial charge < -0.3 is 14.8 Å². The van der Waals surface area contributed by atoms with E-state index in [1.165, 1.54) is 18.3 Å². The van der Waals surface area contributed by atoms with Crippen molar-refractivity contribution < 1.29 is 23.0 Å². The van der Waals surface area contributed by atoms with Crippen molar-refractivity contribution in [1.82, 2.24) is 10.3 Å². The molecule has 0 fully saturated rings. The predicted molar refractivity (Wildman–Crippen MR) is 79.8 cm³/mol. The lowest BCUT2D eigenvalue weighted by Crippen LogP contribution is -2.23. The first-order valence-corrected chi connectivity index (χ1v) is 7.58. The normalized spacial score (nSPS) is 12.5. The first kappa shape index (κ1) is 15.5. The van der Waals surface area contributed by atoms with Crippen molar-refractivity contribution in [1.29, 1.82) is 0 Å². The molecule has 3 rings (SSSR count). The van der Waals surface area contributed by atoms with Crippen LogP contribution in [0.25, 0.3) is 0 Å². The highest BCUT2D eigenvalue weighted by Gasteiger charge is 2.17. The molecule has 23 heavy (non-hydrogen) atoms. The molecular formula is C15H12F2N2O3S. The number of hydrogen-bond acceptors (Lipinski definition) is 5. The van der Waals surface area contributed by atoms with Gasteiger partial charge in [0.2, 0.25) is 6.79 Å². The summed E-state index contributed by atoms with van der Waals surface area (Å²) in [6.07, 6.45) is 1.37. The molecule has 1 aromatic carbocycles. The van der Waals surface area contributed by atoms with Crippen LogP contribution in [0.2, 0.25) is 0 Å². The van der Waals surface area contributed by atoms with Gasteiger partial charge in [0.25, 0.3) is 11.7 Å². The fourth-order valence-corrected chi connectivity index (χ4v) is 2.65. The largest absolute Gasteiger partial charge is 0.454 e. The van der Waals surface area contributed by atoms with E-state index in [4.69, 9.17) is 9.47 Å². The van der Waals surface area contributed by atoms with Crippen LogP contribution in [0.4, 0.5) is 8.78 Å². The zero-order chi connectivity index (χ0) is 16.2. The molecule has 8 heteroatoms. The molecule has 1 aliphatic rings. The quantitative estimate of drug-likeness (QED) is 0.849. The average Bonchev–Trinajstić information content (AvgIpc) is 3.00. The Labute approximate surface area is 135 Å². The second-order valence-corrected chi connectivity index (χ2v) is 5.58. The average molecular weight is 338 g/mol. The highest BCUT2D eigenvalue weighted by atomic mass is 32.2. The fraction of sp³-hybridized carbons (Fsp3) is 0.200. The Morgan fingerprint density at radius 1 is 1.30 bits per heavy atom. The molecule has 5 nitrogen and oxygen atoms in total. The number of hydrogen-bond donors (Lipinski definition) is 1. The molecule has 1 aliphatic heterocycles. The van der Waals surface area contributed by atoms with E-state index in [1.54, 1.807) is 18.2 Å². The molecule has 0 aliphatic carbocycles. The predicted octanol–water partition coefficient (Wildman–Crippen LogP) is 3.06. The Kier molecular flexibility index (Phi) is 4.61. The third-order valence-electron chi connectivity index (χ3n) is 3.11. The van der Waals surface area contributed by atoms with Gasteiger partial charge in [-0.1, -0.05) is 6.07 Å². The van der Waals surface area contributed by atoms with Gasteiger partial charge in [-0.25, -0.2) is 4.98 Å². The zero-order valence-corrected chi connectivity index (χ0v) is 12.6. The number of nitrogens with zero attached hydrogens (tertiary/aromatic N) is 1. The summed E-state index contributed by atoms with van der Waals surface area (Å²) in [5.74, 6) is -1.82. The molecule has 0 bridgehead atoms. The Hall–Kier alpha value is -2.35. The van der Waals surface area contributed by atoms with Crippen LogP contribution in [0.5, 0.6) is 11.5 Å². The number of thioether (sulfide) groups is 1. The molecule has 0 radical (unpaired) electrons. The maximum absolute atomic E-state index is 12.5. The van der Waals surface area contributed by atoms with Crippen LogP contribution in [-0.4, -0.2) is 23.4 Å². The lowest BCUT2D eigenvalue weighted by atomic mass is 10.2. The molecule has 1 N–H and O–H groups in total. The van der Waals surface area contributed by atoms with Gasteiger partial charge in [-0.05, 0) is 41.6 Å². The van der Waals surface area contributed by atoms with Gasteiger partial charge in [-0.3, -0.25) is 4.79 Å². The Morgan fingerprint density at radius 2 is 2.13 bits per heavy atom. The number of pyridine rings is 1. The number of aromatic nitrogens is 1. The van der Waals surface area contributed by atoms with Crippen LogP contribution in [0.1, 0.15) is 15.9 Å². The van der Waals surface area contributed by atoms with E-state index in [9.17, 15) is 13.6 Å². The summed E-state index contributed by atoms with van der Waals surface area (Å²) in [4.78, 5) is 16.0. The number of carbonyl (C=O) groups excluding carboxylic acids is 1. The molecular weight excluding hydrogens is 326 g/mol. The molecule has 0 atom stereocenters. The van der Waals surface area contributed by atoms with Crippen molar-refractivity contribution in [2.24, 2.45) is 0 Å². The molecule has 0 saturated heterocycles. The minimum absolute atomic E-state index is 0.00527. The van der Waals surface area contributed by atoms with Gasteiger partial charge in [-0.15, -0.1) is 0 Å². The van der Waals surface area contributed by atoms with Crippen LogP contribution < -0.4 is 14.8 Å². The van der Waals surface area contributed by atoms with Crippen LogP contribution in [0, 0.1) is 0 Å². The monoisotopic (exact) mass is 338 g/mol. The smallest absolute Gasteiger partial charge is 0.290 e. The van der Waals surface area contributed by atoms with Crippen molar-refractivity contribution >= 4 is 17.7 Å². The highest BCUT2D eigenvalue weighted by molar-refractivity contribution is 7.99. The minimum Gasteiger partial charge on any atom is -0.454 e. The number of amides is 1. The van der Waals surface area contributed by atoms with Gasteiger partial charge in [0.05, 0.1) is 5.56 Å². The first-order chi connectivity index (χ1) is 11.1. The van der Waals surface area contributed by atoms with E-state index >= 15 is 0 Å². The SMILES string of the molecule is O=C(NCc1ccc2c(c1)OCO2)c1cccnc1SC(F)F.